The second-order valence-electron chi connectivity index (χ2n) is 5.04. The fourth-order valence-corrected chi connectivity index (χ4v) is 2.50. The van der Waals surface area contributed by atoms with Crippen molar-refractivity contribution in [3.63, 3.8) is 0 Å². The molecule has 5 nitrogen and oxygen atoms in total. The molecule has 108 valence electrons. The molecule has 0 radical (unpaired) electrons. The number of aromatic nitrogens is 2. The Morgan fingerprint density at radius 2 is 2.32 bits per heavy atom. The van der Waals surface area contributed by atoms with Crippen molar-refractivity contribution in [1.82, 2.24) is 15.1 Å². The highest BCUT2D eigenvalue weighted by Crippen LogP contribution is 2.22. The Morgan fingerprint density at radius 1 is 1.47 bits per heavy atom. The van der Waals surface area contributed by atoms with E-state index in [-0.39, 0.29) is 30.3 Å². The first-order chi connectivity index (χ1) is 8.75. The van der Waals surface area contributed by atoms with Gasteiger partial charge in [0.25, 0.3) is 0 Å². The van der Waals surface area contributed by atoms with Crippen LogP contribution in [0, 0.1) is 5.92 Å². The van der Waals surface area contributed by atoms with E-state index >= 15 is 0 Å². The Labute approximate surface area is 120 Å². The molecule has 0 saturated heterocycles. The molecular weight excluding hydrogens is 264 g/mol. The lowest BCUT2D eigenvalue weighted by Gasteiger charge is -2.25. The van der Waals surface area contributed by atoms with Crippen LogP contribution in [-0.2, 0) is 11.3 Å². The Balaban J connectivity index is 0.00000180. The van der Waals surface area contributed by atoms with Gasteiger partial charge in [-0.15, -0.1) is 12.4 Å². The number of nitrogens with zero attached hydrogens (tertiary/aromatic N) is 2. The molecule has 0 spiro atoms. The summed E-state index contributed by atoms with van der Waals surface area (Å²) in [5.41, 5.74) is 5.89. The van der Waals surface area contributed by atoms with Crippen LogP contribution in [0.25, 0.3) is 0 Å². The van der Waals surface area contributed by atoms with Crippen LogP contribution in [0.2, 0.25) is 0 Å². The summed E-state index contributed by atoms with van der Waals surface area (Å²) >= 11 is 0. The zero-order valence-corrected chi connectivity index (χ0v) is 11.9. The van der Waals surface area contributed by atoms with Crippen molar-refractivity contribution in [2.75, 3.05) is 6.54 Å². The summed E-state index contributed by atoms with van der Waals surface area (Å²) in [6.07, 6.45) is 8.56. The second kappa shape index (κ2) is 8.17. The second-order valence-corrected chi connectivity index (χ2v) is 5.04. The monoisotopic (exact) mass is 286 g/mol. The lowest BCUT2D eigenvalue weighted by atomic mass is 9.85. The number of hydrogen-bond acceptors (Lipinski definition) is 3. The summed E-state index contributed by atoms with van der Waals surface area (Å²) in [5, 5.41) is 7.12. The number of hydrogen-bond donors (Lipinski definition) is 2. The van der Waals surface area contributed by atoms with Gasteiger partial charge < -0.3 is 11.1 Å². The Hall–Kier alpha value is -1.07. The largest absolute Gasteiger partial charge is 0.356 e. The van der Waals surface area contributed by atoms with Crippen LogP contribution < -0.4 is 11.1 Å². The normalized spacial score (nSPS) is 22.6. The summed E-state index contributed by atoms with van der Waals surface area (Å²) in [5.74, 6) is 0.295. The van der Waals surface area contributed by atoms with E-state index in [1.807, 2.05) is 16.9 Å². The number of nitrogens with two attached hydrogens (primary N) is 1. The van der Waals surface area contributed by atoms with Gasteiger partial charge in [-0.2, -0.15) is 5.10 Å². The fraction of sp³-hybridized carbons (Fsp3) is 0.692. The van der Waals surface area contributed by atoms with Gasteiger partial charge in [0, 0.05) is 37.4 Å². The van der Waals surface area contributed by atoms with Gasteiger partial charge in [0.1, 0.15) is 0 Å². The first-order valence-electron chi connectivity index (χ1n) is 6.76. The Kier molecular flexibility index (Phi) is 6.87. The van der Waals surface area contributed by atoms with Crippen LogP contribution in [0.3, 0.4) is 0 Å². The molecule has 2 unspecified atom stereocenters. The molecule has 3 N–H and O–H groups in total. The summed E-state index contributed by atoms with van der Waals surface area (Å²) in [6.45, 7) is 1.56. The van der Waals surface area contributed by atoms with Crippen LogP contribution in [-0.4, -0.2) is 28.3 Å². The Morgan fingerprint density at radius 3 is 3.00 bits per heavy atom. The molecule has 2 atom stereocenters. The highest BCUT2D eigenvalue weighted by molar-refractivity contribution is 5.85. The van der Waals surface area contributed by atoms with Crippen LogP contribution in [0.4, 0.5) is 0 Å². The maximum absolute atomic E-state index is 11.9. The van der Waals surface area contributed by atoms with E-state index in [1.54, 1.807) is 6.20 Å². The topological polar surface area (TPSA) is 72.9 Å². The van der Waals surface area contributed by atoms with Gasteiger partial charge in [-0.1, -0.05) is 6.42 Å². The minimum atomic E-state index is 0. The highest BCUT2D eigenvalue weighted by Gasteiger charge is 2.24. The standard InChI is InChI=1S/C13H22N4O.ClH/c14-12-5-1-4-11(10-12)13(18)15-6-2-8-17-9-3-7-16-17;/h3,7,9,11-12H,1-2,4-6,8,10,14H2,(H,15,18);1H. The first-order valence-corrected chi connectivity index (χ1v) is 6.76. The van der Waals surface area contributed by atoms with Crippen LogP contribution >= 0.6 is 12.4 Å². The van der Waals surface area contributed by atoms with Gasteiger partial charge in [0.2, 0.25) is 5.91 Å². The molecule has 0 aliphatic heterocycles. The summed E-state index contributed by atoms with van der Waals surface area (Å²) in [7, 11) is 0. The van der Waals surface area contributed by atoms with Crippen molar-refractivity contribution in [1.29, 1.82) is 0 Å². The van der Waals surface area contributed by atoms with Crippen molar-refractivity contribution in [3.8, 4) is 0 Å². The third-order valence-electron chi connectivity index (χ3n) is 3.51. The van der Waals surface area contributed by atoms with Gasteiger partial charge in [-0.05, 0) is 31.7 Å². The molecule has 1 aromatic rings. The zero-order chi connectivity index (χ0) is 12.8. The molecule has 1 amide bonds. The summed E-state index contributed by atoms with van der Waals surface area (Å²) in [4.78, 5) is 11.9. The van der Waals surface area contributed by atoms with Crippen molar-refractivity contribution in [2.24, 2.45) is 11.7 Å². The van der Waals surface area contributed by atoms with E-state index in [0.29, 0.717) is 6.54 Å². The number of carbonyl (C=O) groups excluding carboxylic acids is 1. The van der Waals surface area contributed by atoms with Crippen LogP contribution in [0.5, 0.6) is 0 Å². The van der Waals surface area contributed by atoms with E-state index < -0.39 is 0 Å². The number of rotatable bonds is 5. The average Bonchev–Trinajstić information content (AvgIpc) is 2.87. The van der Waals surface area contributed by atoms with E-state index in [9.17, 15) is 4.79 Å². The number of amides is 1. The fourth-order valence-electron chi connectivity index (χ4n) is 2.50. The minimum absolute atomic E-state index is 0. The lowest BCUT2D eigenvalue weighted by Crippen LogP contribution is -2.38. The maximum atomic E-state index is 11.9. The number of halogens is 1. The molecule has 2 rings (SSSR count). The highest BCUT2D eigenvalue weighted by atomic mass is 35.5. The quantitative estimate of drug-likeness (QED) is 0.802. The Bertz CT molecular complexity index is 369. The third kappa shape index (κ3) is 5.20. The van der Waals surface area contributed by atoms with Gasteiger partial charge in [0.05, 0.1) is 0 Å². The van der Waals surface area contributed by atoms with Crippen molar-refractivity contribution < 1.29 is 4.79 Å². The van der Waals surface area contributed by atoms with Gasteiger partial charge in [-0.3, -0.25) is 9.48 Å². The number of aryl methyl sites for hydroxylation is 1. The predicted octanol–water partition coefficient (Wildman–Crippen LogP) is 1.33. The molecule has 1 fully saturated rings. The molecular formula is C13H23ClN4O. The summed E-state index contributed by atoms with van der Waals surface area (Å²) in [6, 6.07) is 2.11. The third-order valence-corrected chi connectivity index (χ3v) is 3.51. The van der Waals surface area contributed by atoms with Gasteiger partial charge in [-0.25, -0.2) is 0 Å². The van der Waals surface area contributed by atoms with E-state index in [0.717, 1.165) is 38.6 Å². The molecule has 1 aliphatic rings. The predicted molar refractivity (Wildman–Crippen MR) is 77.0 cm³/mol. The lowest BCUT2D eigenvalue weighted by molar-refractivity contribution is -0.126. The van der Waals surface area contributed by atoms with E-state index in [4.69, 9.17) is 5.73 Å². The molecule has 6 heteroatoms. The van der Waals surface area contributed by atoms with Gasteiger partial charge >= 0.3 is 0 Å². The van der Waals surface area contributed by atoms with Crippen molar-refractivity contribution in [2.45, 2.75) is 44.7 Å². The van der Waals surface area contributed by atoms with E-state index in [2.05, 4.69) is 10.4 Å². The number of nitrogens with one attached hydrogen (secondary N) is 1. The smallest absolute Gasteiger partial charge is 0.223 e. The summed E-state index contributed by atoms with van der Waals surface area (Å²) < 4.78 is 1.88. The van der Waals surface area contributed by atoms with Crippen LogP contribution in [0.1, 0.15) is 32.1 Å². The molecule has 1 saturated carbocycles. The van der Waals surface area contributed by atoms with Crippen LogP contribution in [0.15, 0.2) is 18.5 Å². The zero-order valence-electron chi connectivity index (χ0n) is 11.1. The van der Waals surface area contributed by atoms with Crippen molar-refractivity contribution in [3.05, 3.63) is 18.5 Å². The molecule has 0 aromatic carbocycles. The molecule has 1 aromatic heterocycles. The van der Waals surface area contributed by atoms with Crippen molar-refractivity contribution >= 4 is 18.3 Å². The van der Waals surface area contributed by atoms with E-state index in [1.165, 1.54) is 0 Å². The molecule has 19 heavy (non-hydrogen) atoms. The first kappa shape index (κ1) is 16.0. The molecule has 1 aliphatic carbocycles. The number of carbonyl (C=O) groups is 1. The average molecular weight is 287 g/mol. The van der Waals surface area contributed by atoms with Gasteiger partial charge in [0.15, 0.2) is 0 Å². The molecule has 1 heterocycles. The SMILES string of the molecule is Cl.NC1CCCC(C(=O)NCCCn2cccn2)C1. The minimum Gasteiger partial charge on any atom is -0.356 e. The molecule has 0 bridgehead atoms. The maximum Gasteiger partial charge on any atom is 0.223 e.